The van der Waals surface area contributed by atoms with E-state index in [0.717, 1.165) is 25.9 Å². The molecule has 0 bridgehead atoms. The van der Waals surface area contributed by atoms with Crippen molar-refractivity contribution < 1.29 is 9.47 Å². The second kappa shape index (κ2) is 4.97. The minimum atomic E-state index is -0.407. The Kier molecular flexibility index (Phi) is 3.31. The fourth-order valence-corrected chi connectivity index (χ4v) is 2.86. The first-order chi connectivity index (χ1) is 9.24. The van der Waals surface area contributed by atoms with Crippen LogP contribution in [0.1, 0.15) is 18.4 Å². The maximum atomic E-state index is 8.99. The van der Waals surface area contributed by atoms with Crippen LogP contribution in [0.4, 0.5) is 5.82 Å². The number of rotatable bonds is 1. The first kappa shape index (κ1) is 12.7. The van der Waals surface area contributed by atoms with E-state index in [2.05, 4.69) is 16.0 Å². The van der Waals surface area contributed by atoms with E-state index in [4.69, 9.17) is 26.3 Å². The Morgan fingerprint density at radius 2 is 2.00 bits per heavy atom. The molecule has 1 aromatic rings. The summed E-state index contributed by atoms with van der Waals surface area (Å²) in [6.07, 6.45) is 3.20. The molecule has 2 aliphatic heterocycles. The van der Waals surface area contributed by atoms with Crippen LogP contribution in [-0.2, 0) is 9.47 Å². The highest BCUT2D eigenvalue weighted by Gasteiger charge is 2.40. The van der Waals surface area contributed by atoms with E-state index in [0.29, 0.717) is 29.6 Å². The normalized spacial score (nSPS) is 21.6. The largest absolute Gasteiger partial charge is 0.355 e. The molecule has 1 aromatic heterocycles. The van der Waals surface area contributed by atoms with E-state index in [1.807, 2.05) is 0 Å². The molecule has 2 saturated heterocycles. The van der Waals surface area contributed by atoms with Gasteiger partial charge in [-0.2, -0.15) is 5.26 Å². The predicted octanol–water partition coefficient (Wildman–Crippen LogP) is 1.95. The molecule has 1 spiro atoms. The summed E-state index contributed by atoms with van der Waals surface area (Å²) < 4.78 is 11.4. The molecule has 6 heteroatoms. The molecular formula is C13H14ClN3O2. The molecule has 0 saturated carbocycles. The molecule has 0 unspecified atom stereocenters. The SMILES string of the molecule is N#Cc1ccnc(N2CCC3(CC2)OCCO3)c1Cl. The van der Waals surface area contributed by atoms with Crippen molar-refractivity contribution in [1.82, 2.24) is 4.98 Å². The standard InChI is InChI=1S/C13H14ClN3O2/c14-11-10(9-15)1-4-16-12(11)17-5-2-13(3-6-17)18-7-8-19-13/h1,4H,2-3,5-8H2. The number of aromatic nitrogens is 1. The molecule has 3 heterocycles. The molecule has 100 valence electrons. The van der Waals surface area contributed by atoms with Gasteiger partial charge in [-0.3, -0.25) is 0 Å². The van der Waals surface area contributed by atoms with Crippen molar-refractivity contribution in [3.05, 3.63) is 22.8 Å². The summed E-state index contributed by atoms with van der Waals surface area (Å²) in [7, 11) is 0. The summed E-state index contributed by atoms with van der Waals surface area (Å²) in [6.45, 7) is 2.87. The molecule has 0 aliphatic carbocycles. The summed E-state index contributed by atoms with van der Waals surface area (Å²) in [5.74, 6) is 0.268. The lowest BCUT2D eigenvalue weighted by Crippen LogP contribution is -2.45. The molecule has 0 aromatic carbocycles. The quantitative estimate of drug-likeness (QED) is 0.786. The van der Waals surface area contributed by atoms with Gasteiger partial charge in [-0.05, 0) is 6.07 Å². The van der Waals surface area contributed by atoms with Gasteiger partial charge >= 0.3 is 0 Å². The highest BCUT2D eigenvalue weighted by molar-refractivity contribution is 6.34. The Hall–Kier alpha value is -1.35. The van der Waals surface area contributed by atoms with Gasteiger partial charge in [0.05, 0.1) is 18.8 Å². The van der Waals surface area contributed by atoms with Crippen molar-refractivity contribution in [2.75, 3.05) is 31.2 Å². The van der Waals surface area contributed by atoms with E-state index in [1.54, 1.807) is 12.3 Å². The first-order valence-corrected chi connectivity index (χ1v) is 6.69. The molecular weight excluding hydrogens is 266 g/mol. The number of hydrogen-bond acceptors (Lipinski definition) is 5. The van der Waals surface area contributed by atoms with Crippen molar-refractivity contribution in [3.63, 3.8) is 0 Å². The van der Waals surface area contributed by atoms with E-state index < -0.39 is 5.79 Å². The zero-order valence-corrected chi connectivity index (χ0v) is 11.2. The van der Waals surface area contributed by atoms with Gasteiger partial charge in [0, 0.05) is 32.1 Å². The maximum Gasteiger partial charge on any atom is 0.171 e. The van der Waals surface area contributed by atoms with Crippen LogP contribution in [0.15, 0.2) is 12.3 Å². The number of anilines is 1. The van der Waals surface area contributed by atoms with Gasteiger partial charge in [0.15, 0.2) is 5.79 Å². The summed E-state index contributed by atoms with van der Waals surface area (Å²) in [5, 5.41) is 9.41. The Bertz CT molecular complexity index is 513. The molecule has 0 amide bonds. The van der Waals surface area contributed by atoms with Crippen molar-refractivity contribution in [2.45, 2.75) is 18.6 Å². The fourth-order valence-electron chi connectivity index (χ4n) is 2.58. The van der Waals surface area contributed by atoms with Crippen molar-refractivity contribution in [2.24, 2.45) is 0 Å². The van der Waals surface area contributed by atoms with Gasteiger partial charge < -0.3 is 14.4 Å². The zero-order valence-electron chi connectivity index (χ0n) is 10.4. The first-order valence-electron chi connectivity index (χ1n) is 6.32. The number of piperidine rings is 1. The Labute approximate surface area is 116 Å². The molecule has 0 N–H and O–H groups in total. The number of hydrogen-bond donors (Lipinski definition) is 0. The monoisotopic (exact) mass is 279 g/mol. The third-order valence-electron chi connectivity index (χ3n) is 3.63. The van der Waals surface area contributed by atoms with Gasteiger partial charge in [-0.1, -0.05) is 11.6 Å². The van der Waals surface area contributed by atoms with Gasteiger partial charge in [0.1, 0.15) is 16.9 Å². The molecule has 3 rings (SSSR count). The lowest BCUT2D eigenvalue weighted by atomic mass is 10.0. The van der Waals surface area contributed by atoms with Crippen LogP contribution in [-0.4, -0.2) is 37.1 Å². The van der Waals surface area contributed by atoms with E-state index >= 15 is 0 Å². The third kappa shape index (κ3) is 2.27. The molecule has 0 radical (unpaired) electrons. The summed E-state index contributed by atoms with van der Waals surface area (Å²) >= 11 is 6.20. The summed E-state index contributed by atoms with van der Waals surface area (Å²) in [6, 6.07) is 3.70. The predicted molar refractivity (Wildman–Crippen MR) is 70.0 cm³/mol. The number of nitriles is 1. The Morgan fingerprint density at radius 3 is 2.63 bits per heavy atom. The minimum Gasteiger partial charge on any atom is -0.355 e. The van der Waals surface area contributed by atoms with Crippen LogP contribution in [0.3, 0.4) is 0 Å². The molecule has 2 fully saturated rings. The Morgan fingerprint density at radius 1 is 1.32 bits per heavy atom. The maximum absolute atomic E-state index is 8.99. The van der Waals surface area contributed by atoms with Crippen LogP contribution in [0.2, 0.25) is 5.02 Å². The van der Waals surface area contributed by atoms with E-state index in [1.165, 1.54) is 0 Å². The van der Waals surface area contributed by atoms with Crippen molar-refractivity contribution in [3.8, 4) is 6.07 Å². The van der Waals surface area contributed by atoms with Crippen molar-refractivity contribution in [1.29, 1.82) is 5.26 Å². The number of pyridine rings is 1. The van der Waals surface area contributed by atoms with Gasteiger partial charge in [0.25, 0.3) is 0 Å². The van der Waals surface area contributed by atoms with Gasteiger partial charge in [-0.25, -0.2) is 4.98 Å². The lowest BCUT2D eigenvalue weighted by molar-refractivity contribution is -0.169. The van der Waals surface area contributed by atoms with Gasteiger partial charge in [-0.15, -0.1) is 0 Å². The van der Waals surface area contributed by atoms with Gasteiger partial charge in [0.2, 0.25) is 0 Å². The average Bonchev–Trinajstić information content (AvgIpc) is 2.89. The topological polar surface area (TPSA) is 58.4 Å². The average molecular weight is 280 g/mol. The highest BCUT2D eigenvalue weighted by Crippen LogP contribution is 2.35. The van der Waals surface area contributed by atoms with Crippen molar-refractivity contribution >= 4 is 17.4 Å². The van der Waals surface area contributed by atoms with Crippen LogP contribution in [0.5, 0.6) is 0 Å². The molecule has 0 atom stereocenters. The third-order valence-corrected chi connectivity index (χ3v) is 4.00. The number of nitrogens with zero attached hydrogens (tertiary/aromatic N) is 3. The number of ether oxygens (including phenoxy) is 2. The van der Waals surface area contributed by atoms with Crippen LogP contribution < -0.4 is 4.90 Å². The van der Waals surface area contributed by atoms with Crippen LogP contribution in [0.25, 0.3) is 0 Å². The zero-order chi connectivity index (χ0) is 13.3. The Balaban J connectivity index is 1.77. The summed E-state index contributed by atoms with van der Waals surface area (Å²) in [5.41, 5.74) is 0.459. The summed E-state index contributed by atoms with van der Waals surface area (Å²) in [4.78, 5) is 6.37. The van der Waals surface area contributed by atoms with E-state index in [-0.39, 0.29) is 0 Å². The van der Waals surface area contributed by atoms with Crippen LogP contribution in [0, 0.1) is 11.3 Å². The fraction of sp³-hybridized carbons (Fsp3) is 0.538. The highest BCUT2D eigenvalue weighted by atomic mass is 35.5. The van der Waals surface area contributed by atoms with E-state index in [9.17, 15) is 0 Å². The minimum absolute atomic E-state index is 0.407. The number of halogens is 1. The second-order valence-electron chi connectivity index (χ2n) is 4.70. The second-order valence-corrected chi connectivity index (χ2v) is 5.08. The smallest absolute Gasteiger partial charge is 0.171 e. The molecule has 5 nitrogen and oxygen atoms in total. The molecule has 19 heavy (non-hydrogen) atoms. The lowest BCUT2D eigenvalue weighted by Gasteiger charge is -2.38. The molecule has 2 aliphatic rings. The van der Waals surface area contributed by atoms with Crippen LogP contribution >= 0.6 is 11.6 Å².